The maximum Gasteiger partial charge on any atom is 0.147 e. The van der Waals surface area contributed by atoms with Crippen LogP contribution in [0.5, 0.6) is 0 Å². The van der Waals surface area contributed by atoms with E-state index in [2.05, 4.69) is 15.9 Å². The zero-order valence-electron chi connectivity index (χ0n) is 10.8. The molecular weight excluding hydrogens is 327 g/mol. The summed E-state index contributed by atoms with van der Waals surface area (Å²) < 4.78 is 13.8. The van der Waals surface area contributed by atoms with Crippen molar-refractivity contribution in [1.82, 2.24) is 0 Å². The lowest BCUT2D eigenvalue weighted by Crippen LogP contribution is -2.13. The van der Waals surface area contributed by atoms with E-state index in [9.17, 15) is 9.18 Å². The molecule has 0 bridgehead atoms. The van der Waals surface area contributed by atoms with Crippen LogP contribution in [0.25, 0.3) is 0 Å². The molecule has 1 aromatic carbocycles. The van der Waals surface area contributed by atoms with E-state index in [0.29, 0.717) is 21.9 Å². The third-order valence-electron chi connectivity index (χ3n) is 3.45. The van der Waals surface area contributed by atoms with Crippen LogP contribution in [0.15, 0.2) is 22.7 Å². The van der Waals surface area contributed by atoms with Crippen LogP contribution in [0.2, 0.25) is 0 Å². The Kier molecular flexibility index (Phi) is 5.89. The molecule has 0 N–H and O–H groups in total. The van der Waals surface area contributed by atoms with Crippen LogP contribution in [-0.4, -0.2) is 16.8 Å². The minimum atomic E-state index is -0.301. The zero-order chi connectivity index (χ0) is 13.7. The highest BCUT2D eigenvalue weighted by molar-refractivity contribution is 9.10. The van der Waals surface area contributed by atoms with Gasteiger partial charge in [-0.2, -0.15) is 11.8 Å². The van der Waals surface area contributed by atoms with Crippen LogP contribution in [0.1, 0.15) is 37.7 Å². The first-order valence-corrected chi connectivity index (χ1v) is 8.57. The van der Waals surface area contributed by atoms with Crippen LogP contribution in [-0.2, 0) is 11.2 Å². The molecule has 1 saturated carbocycles. The molecule has 1 aliphatic rings. The quantitative estimate of drug-likeness (QED) is 0.765. The van der Waals surface area contributed by atoms with Gasteiger partial charge in [-0.15, -0.1) is 0 Å². The Morgan fingerprint density at radius 2 is 2.05 bits per heavy atom. The van der Waals surface area contributed by atoms with E-state index in [4.69, 9.17) is 0 Å². The number of halogens is 2. The summed E-state index contributed by atoms with van der Waals surface area (Å²) in [6.45, 7) is 0. The second kappa shape index (κ2) is 7.44. The summed E-state index contributed by atoms with van der Waals surface area (Å²) in [6.07, 6.45) is 6.71. The van der Waals surface area contributed by atoms with E-state index in [1.54, 1.807) is 23.9 Å². The minimum absolute atomic E-state index is 0.182. The molecule has 19 heavy (non-hydrogen) atoms. The molecule has 1 fully saturated rings. The molecule has 0 spiro atoms. The van der Waals surface area contributed by atoms with Gasteiger partial charge in [0.25, 0.3) is 0 Å². The normalized spacial score (nSPS) is 16.5. The summed E-state index contributed by atoms with van der Waals surface area (Å²) in [6, 6.07) is 4.85. The molecule has 0 aromatic heterocycles. The van der Waals surface area contributed by atoms with Crippen molar-refractivity contribution >= 4 is 33.5 Å². The molecule has 0 heterocycles. The smallest absolute Gasteiger partial charge is 0.147 e. The average Bonchev–Trinajstić information content (AvgIpc) is 2.43. The van der Waals surface area contributed by atoms with Crippen molar-refractivity contribution in [2.75, 3.05) is 5.75 Å². The van der Waals surface area contributed by atoms with Gasteiger partial charge in [-0.25, -0.2) is 4.39 Å². The monoisotopic (exact) mass is 344 g/mol. The molecule has 1 nitrogen and oxygen atoms in total. The first-order valence-electron chi connectivity index (χ1n) is 6.73. The van der Waals surface area contributed by atoms with Gasteiger partial charge in [0.15, 0.2) is 0 Å². The predicted molar refractivity (Wildman–Crippen MR) is 82.1 cm³/mol. The summed E-state index contributed by atoms with van der Waals surface area (Å²) in [5.74, 6) is 0.431. The van der Waals surface area contributed by atoms with Gasteiger partial charge in [0.1, 0.15) is 11.6 Å². The molecule has 0 atom stereocenters. The number of benzene rings is 1. The summed E-state index contributed by atoms with van der Waals surface area (Å²) in [5.41, 5.74) is 0.745. The standard InChI is InChI=1S/C15H18BrFOS/c16-15-11(5-4-8-14(15)17)9-12(18)10-19-13-6-2-1-3-7-13/h4-5,8,13H,1-3,6-7,9-10H2. The van der Waals surface area contributed by atoms with Crippen molar-refractivity contribution in [2.24, 2.45) is 0 Å². The number of hydrogen-bond donors (Lipinski definition) is 0. The Balaban J connectivity index is 1.82. The van der Waals surface area contributed by atoms with Gasteiger partial charge in [0, 0.05) is 11.7 Å². The fourth-order valence-corrected chi connectivity index (χ4v) is 3.99. The second-order valence-corrected chi connectivity index (χ2v) is 7.08. The number of Topliss-reactive ketones (excluding diaryl/α,β-unsaturated/α-hetero) is 1. The fraction of sp³-hybridized carbons (Fsp3) is 0.533. The zero-order valence-corrected chi connectivity index (χ0v) is 13.2. The Bertz CT molecular complexity index is 444. The fourth-order valence-electron chi connectivity index (χ4n) is 2.39. The third-order valence-corrected chi connectivity index (χ3v) is 5.77. The highest BCUT2D eigenvalue weighted by Gasteiger charge is 2.16. The van der Waals surface area contributed by atoms with Crippen molar-refractivity contribution in [3.05, 3.63) is 34.1 Å². The molecule has 2 rings (SSSR count). The number of carbonyl (C=O) groups is 1. The number of rotatable bonds is 5. The molecule has 104 valence electrons. The first kappa shape index (κ1) is 15.0. The Labute approximate surface area is 126 Å². The Morgan fingerprint density at radius 1 is 1.32 bits per heavy atom. The van der Waals surface area contributed by atoms with Gasteiger partial charge < -0.3 is 0 Å². The maximum atomic E-state index is 13.3. The lowest BCUT2D eigenvalue weighted by molar-refractivity contribution is -0.116. The van der Waals surface area contributed by atoms with Gasteiger partial charge in [-0.3, -0.25) is 4.79 Å². The van der Waals surface area contributed by atoms with Crippen LogP contribution in [0, 0.1) is 5.82 Å². The van der Waals surface area contributed by atoms with Crippen molar-refractivity contribution in [3.63, 3.8) is 0 Å². The first-order chi connectivity index (χ1) is 9.16. The van der Waals surface area contributed by atoms with Crippen LogP contribution >= 0.6 is 27.7 Å². The number of hydrogen-bond acceptors (Lipinski definition) is 2. The van der Waals surface area contributed by atoms with E-state index in [0.717, 1.165) is 5.56 Å². The lowest BCUT2D eigenvalue weighted by Gasteiger charge is -2.20. The molecule has 0 radical (unpaired) electrons. The predicted octanol–water partition coefficient (Wildman–Crippen LogP) is 4.77. The summed E-state index contributed by atoms with van der Waals surface area (Å²) >= 11 is 4.98. The molecule has 0 aliphatic heterocycles. The van der Waals surface area contributed by atoms with Gasteiger partial charge in [-0.05, 0) is 40.4 Å². The summed E-state index contributed by atoms with van der Waals surface area (Å²) in [7, 11) is 0. The number of ketones is 1. The van der Waals surface area contributed by atoms with Gasteiger partial charge in [-0.1, -0.05) is 31.4 Å². The summed E-state index contributed by atoms with van der Waals surface area (Å²) in [4.78, 5) is 12.0. The van der Waals surface area contributed by atoms with Gasteiger partial charge in [0.05, 0.1) is 10.2 Å². The molecule has 1 aliphatic carbocycles. The lowest BCUT2D eigenvalue weighted by atomic mass is 10.0. The van der Waals surface area contributed by atoms with Crippen LogP contribution in [0.3, 0.4) is 0 Å². The maximum absolute atomic E-state index is 13.3. The average molecular weight is 345 g/mol. The topological polar surface area (TPSA) is 17.1 Å². The Hall–Kier alpha value is -0.350. The third kappa shape index (κ3) is 4.60. The van der Waals surface area contributed by atoms with E-state index in [1.807, 2.05) is 0 Å². The summed E-state index contributed by atoms with van der Waals surface area (Å²) in [5, 5.41) is 0.647. The van der Waals surface area contributed by atoms with Crippen LogP contribution < -0.4 is 0 Å². The van der Waals surface area contributed by atoms with E-state index in [1.165, 1.54) is 38.2 Å². The highest BCUT2D eigenvalue weighted by atomic mass is 79.9. The molecule has 0 saturated heterocycles. The van der Waals surface area contributed by atoms with E-state index < -0.39 is 0 Å². The highest BCUT2D eigenvalue weighted by Crippen LogP contribution is 2.28. The Morgan fingerprint density at radius 3 is 2.79 bits per heavy atom. The molecular formula is C15H18BrFOS. The number of carbonyl (C=O) groups excluding carboxylic acids is 1. The van der Waals surface area contributed by atoms with Gasteiger partial charge >= 0.3 is 0 Å². The van der Waals surface area contributed by atoms with Crippen molar-refractivity contribution < 1.29 is 9.18 Å². The molecule has 1 aromatic rings. The number of thioether (sulfide) groups is 1. The van der Waals surface area contributed by atoms with Gasteiger partial charge in [0.2, 0.25) is 0 Å². The molecule has 0 unspecified atom stereocenters. The van der Waals surface area contributed by atoms with Crippen molar-refractivity contribution in [2.45, 2.75) is 43.8 Å². The molecule has 4 heteroatoms. The van der Waals surface area contributed by atoms with Crippen LogP contribution in [0.4, 0.5) is 4.39 Å². The largest absolute Gasteiger partial charge is 0.298 e. The van der Waals surface area contributed by atoms with Crippen molar-refractivity contribution in [1.29, 1.82) is 0 Å². The SMILES string of the molecule is O=C(CSC1CCCCC1)Cc1cccc(F)c1Br. The second-order valence-electron chi connectivity index (χ2n) is 5.00. The van der Waals surface area contributed by atoms with E-state index >= 15 is 0 Å². The molecule has 0 amide bonds. The van der Waals surface area contributed by atoms with Crippen molar-refractivity contribution in [3.8, 4) is 0 Å². The van der Waals surface area contributed by atoms with E-state index in [-0.39, 0.29) is 11.6 Å². The minimum Gasteiger partial charge on any atom is -0.298 e.